The van der Waals surface area contributed by atoms with E-state index in [0.717, 1.165) is 5.56 Å². The van der Waals surface area contributed by atoms with Gasteiger partial charge in [0.2, 0.25) is 0 Å². The van der Waals surface area contributed by atoms with E-state index in [4.69, 9.17) is 4.74 Å². The molecule has 2 aliphatic heterocycles. The van der Waals surface area contributed by atoms with Gasteiger partial charge in [0.15, 0.2) is 0 Å². The minimum absolute atomic E-state index is 0.113. The van der Waals surface area contributed by atoms with Crippen LogP contribution < -0.4 is 20.3 Å². The molecule has 1 aliphatic carbocycles. The van der Waals surface area contributed by atoms with Crippen LogP contribution in [0, 0.1) is 18.3 Å². The number of carbonyl (C=O) groups excluding carboxylic acids is 3. The number of aromatic nitrogens is 1. The summed E-state index contributed by atoms with van der Waals surface area (Å²) in [6.07, 6.45) is 4.24. The number of anilines is 3. The van der Waals surface area contributed by atoms with E-state index in [-0.39, 0.29) is 12.1 Å². The summed E-state index contributed by atoms with van der Waals surface area (Å²) in [6.45, 7) is 7.82. The summed E-state index contributed by atoms with van der Waals surface area (Å²) in [7, 11) is 0. The Kier molecular flexibility index (Phi) is 9.07. The van der Waals surface area contributed by atoms with Gasteiger partial charge in [-0.3, -0.25) is 19.4 Å². The zero-order valence-electron chi connectivity index (χ0n) is 29.8. The molecule has 3 aliphatic rings. The Labute approximate surface area is 310 Å². The molecule has 2 aromatic carbocycles. The number of thiophene rings is 1. The maximum Gasteiger partial charge on any atom is 0.408 e. The molecule has 2 aromatic heterocycles. The number of para-hydroxylation sites is 1. The fraction of sp³-hybridized carbons (Fsp3) is 0.333. The van der Waals surface area contributed by atoms with Gasteiger partial charge >= 0.3 is 12.1 Å². The van der Waals surface area contributed by atoms with E-state index in [1.807, 2.05) is 55.5 Å². The van der Waals surface area contributed by atoms with Crippen LogP contribution in [0.5, 0.6) is 11.5 Å². The van der Waals surface area contributed by atoms with Crippen molar-refractivity contribution in [2.45, 2.75) is 70.5 Å². The van der Waals surface area contributed by atoms with E-state index in [1.165, 1.54) is 27.2 Å². The molecule has 272 valence electrons. The Balaban J connectivity index is 1.09. The van der Waals surface area contributed by atoms with Crippen LogP contribution in [0.1, 0.15) is 61.7 Å². The van der Waals surface area contributed by atoms with E-state index in [0.29, 0.717) is 75.9 Å². The third-order valence-corrected chi connectivity index (χ3v) is 10.8. The van der Waals surface area contributed by atoms with Crippen LogP contribution in [0.15, 0.2) is 72.4 Å². The van der Waals surface area contributed by atoms with Crippen molar-refractivity contribution in [2.75, 3.05) is 23.3 Å². The van der Waals surface area contributed by atoms with Crippen molar-refractivity contribution in [3.05, 3.63) is 82.9 Å². The summed E-state index contributed by atoms with van der Waals surface area (Å²) in [5.74, 6) is 0.425. The zero-order valence-corrected chi connectivity index (χ0v) is 30.6. The quantitative estimate of drug-likeness (QED) is 0.123. The van der Waals surface area contributed by atoms with Gasteiger partial charge in [-0.2, -0.15) is 5.26 Å². The molecule has 13 nitrogen and oxygen atoms in total. The number of carboxylic acid groups (broad SMARTS) is 1. The Hall–Kier alpha value is -5.94. The molecule has 0 radical (unpaired) electrons. The zero-order chi connectivity index (χ0) is 37.7. The fourth-order valence-corrected chi connectivity index (χ4v) is 8.39. The molecule has 2 fully saturated rings. The lowest BCUT2D eigenvalue weighted by Gasteiger charge is -2.39. The van der Waals surface area contributed by atoms with Gasteiger partial charge in [-0.1, -0.05) is 18.2 Å². The lowest BCUT2D eigenvalue weighted by atomic mass is 9.99. The number of urea groups is 1. The number of piperidine rings is 1. The Morgan fingerprint density at radius 1 is 1.13 bits per heavy atom. The molecule has 1 saturated carbocycles. The second kappa shape index (κ2) is 13.6. The SMILES string of the molecule is Cc1cc(Oc2ccccc2)ccc1N1C(=O)Nc2c(C(=O)NC3CCCN(C(=O)C(C#N)=CC4(N(C(=O)O)C(C)(C)C)CC4)C3)sc3nccc1c23. The lowest BCUT2D eigenvalue weighted by Crippen LogP contribution is -2.52. The van der Waals surface area contributed by atoms with Gasteiger partial charge in [0.05, 0.1) is 28.0 Å². The Bertz CT molecular complexity index is 2220. The summed E-state index contributed by atoms with van der Waals surface area (Å²) in [4.78, 5) is 63.3. The highest BCUT2D eigenvalue weighted by Crippen LogP contribution is 2.48. The van der Waals surface area contributed by atoms with Gasteiger partial charge in [-0.05, 0) is 101 Å². The molecule has 1 saturated heterocycles. The summed E-state index contributed by atoms with van der Waals surface area (Å²) in [5.41, 5.74) is 0.672. The molecule has 3 N–H and O–H groups in total. The smallest absolute Gasteiger partial charge is 0.408 e. The maximum absolute atomic E-state index is 13.9. The monoisotopic (exact) mass is 733 g/mol. The third-order valence-electron chi connectivity index (χ3n) is 9.72. The van der Waals surface area contributed by atoms with Crippen molar-refractivity contribution in [1.29, 1.82) is 5.26 Å². The molecule has 53 heavy (non-hydrogen) atoms. The molecule has 0 spiro atoms. The van der Waals surface area contributed by atoms with Crippen LogP contribution >= 0.6 is 11.3 Å². The van der Waals surface area contributed by atoms with Crippen molar-refractivity contribution in [2.24, 2.45) is 0 Å². The number of likely N-dealkylation sites (tertiary alicyclic amines) is 1. The van der Waals surface area contributed by atoms with Crippen LogP contribution in [0.3, 0.4) is 0 Å². The first kappa shape index (κ1) is 35.5. The van der Waals surface area contributed by atoms with Crippen LogP contribution in [-0.4, -0.2) is 74.0 Å². The Morgan fingerprint density at radius 3 is 2.55 bits per heavy atom. The van der Waals surface area contributed by atoms with Crippen molar-refractivity contribution in [3.8, 4) is 17.6 Å². The van der Waals surface area contributed by atoms with Crippen molar-refractivity contribution >= 4 is 62.6 Å². The van der Waals surface area contributed by atoms with E-state index in [2.05, 4.69) is 15.6 Å². The van der Waals surface area contributed by atoms with Crippen molar-refractivity contribution in [3.63, 3.8) is 0 Å². The van der Waals surface area contributed by atoms with Crippen LogP contribution in [-0.2, 0) is 4.79 Å². The number of aryl methyl sites for hydroxylation is 1. The maximum atomic E-state index is 13.9. The molecule has 5 amide bonds. The minimum Gasteiger partial charge on any atom is -0.465 e. The Morgan fingerprint density at radius 2 is 1.89 bits per heavy atom. The number of ether oxygens (including phenoxy) is 1. The molecular formula is C39H39N7O6S. The number of nitriles is 1. The molecule has 7 rings (SSSR count). The number of nitrogens with one attached hydrogen (secondary N) is 2. The van der Waals surface area contributed by atoms with Gasteiger partial charge < -0.3 is 25.4 Å². The van der Waals surface area contributed by atoms with Gasteiger partial charge in [-0.15, -0.1) is 11.3 Å². The normalized spacial score (nSPS) is 17.8. The third kappa shape index (κ3) is 6.75. The van der Waals surface area contributed by atoms with E-state index in [1.54, 1.807) is 44.0 Å². The van der Waals surface area contributed by atoms with Crippen LogP contribution in [0.2, 0.25) is 0 Å². The van der Waals surface area contributed by atoms with Crippen LogP contribution in [0.4, 0.5) is 26.7 Å². The summed E-state index contributed by atoms with van der Waals surface area (Å²) in [5, 5.41) is 26.6. The average Bonchev–Trinajstić information content (AvgIpc) is 3.78. The fourth-order valence-electron chi connectivity index (χ4n) is 7.37. The number of nitrogens with zero attached hydrogens (tertiary/aromatic N) is 5. The second-order valence-electron chi connectivity index (χ2n) is 14.6. The van der Waals surface area contributed by atoms with E-state index in [9.17, 15) is 29.5 Å². The molecule has 1 atom stereocenters. The highest BCUT2D eigenvalue weighted by Gasteiger charge is 2.53. The topological polar surface area (TPSA) is 168 Å². The number of carbonyl (C=O) groups is 4. The summed E-state index contributed by atoms with van der Waals surface area (Å²) in [6, 6.07) is 17.8. The van der Waals surface area contributed by atoms with Gasteiger partial charge in [0, 0.05) is 30.9 Å². The molecular weight excluding hydrogens is 695 g/mol. The molecule has 14 heteroatoms. The number of hydrogen-bond donors (Lipinski definition) is 3. The lowest BCUT2D eigenvalue weighted by molar-refractivity contribution is -0.128. The number of pyridine rings is 1. The number of hydrogen-bond acceptors (Lipinski definition) is 8. The molecule has 0 bridgehead atoms. The number of rotatable bonds is 8. The van der Waals surface area contributed by atoms with Crippen molar-refractivity contribution in [1.82, 2.24) is 20.1 Å². The molecule has 1 unspecified atom stereocenters. The first-order valence-electron chi connectivity index (χ1n) is 17.4. The highest BCUT2D eigenvalue weighted by atomic mass is 32.1. The van der Waals surface area contributed by atoms with E-state index >= 15 is 0 Å². The highest BCUT2D eigenvalue weighted by molar-refractivity contribution is 7.21. The van der Waals surface area contributed by atoms with E-state index < -0.39 is 41.1 Å². The number of amides is 5. The van der Waals surface area contributed by atoms with Gasteiger partial charge in [-0.25, -0.2) is 14.6 Å². The predicted molar refractivity (Wildman–Crippen MR) is 201 cm³/mol. The summed E-state index contributed by atoms with van der Waals surface area (Å²) >= 11 is 1.17. The molecule has 4 heterocycles. The standard InChI is InChI=1S/C39H39N7O6S/c1-23-19-27(52-26-10-6-5-7-11-26)12-13-28(23)45-29-14-17-41-34-30(29)31(43-36(45)49)32(53-34)33(47)42-25-9-8-18-44(22-25)35(48)24(21-40)20-39(15-16-39)46(37(50)51)38(2,3)4/h5-7,10-14,17,19-20,25H,8-9,15-16,18,22H2,1-4H3,(H,42,47)(H,43,49)(H,50,51). The van der Waals surface area contributed by atoms with Crippen molar-refractivity contribution < 1.29 is 29.0 Å². The van der Waals surface area contributed by atoms with Gasteiger partial charge in [0.25, 0.3) is 11.8 Å². The van der Waals surface area contributed by atoms with Crippen LogP contribution in [0.25, 0.3) is 10.2 Å². The number of benzene rings is 2. The predicted octanol–water partition coefficient (Wildman–Crippen LogP) is 7.56. The first-order chi connectivity index (χ1) is 25.3. The minimum atomic E-state index is -1.11. The second-order valence-corrected chi connectivity index (χ2v) is 15.6. The molecule has 4 aromatic rings. The summed E-state index contributed by atoms with van der Waals surface area (Å²) < 4.78 is 5.99. The van der Waals surface area contributed by atoms with Gasteiger partial charge in [0.1, 0.15) is 32.8 Å². The first-order valence-corrected chi connectivity index (χ1v) is 18.2. The largest absolute Gasteiger partial charge is 0.465 e. The average molecular weight is 734 g/mol.